The van der Waals surface area contributed by atoms with Crippen molar-refractivity contribution >= 4 is 15.7 Å². The van der Waals surface area contributed by atoms with Crippen LogP contribution in [-0.4, -0.2) is 15.0 Å². The predicted octanol–water partition coefficient (Wildman–Crippen LogP) is 2.72. The largest absolute Gasteiger partial charge is 0.383 e. The number of hydrogen-bond acceptors (Lipinski definition) is 3. The Morgan fingerprint density at radius 3 is 2.19 bits per heavy atom. The molecule has 0 aromatic heterocycles. The van der Waals surface area contributed by atoms with Crippen LogP contribution >= 0.6 is 0 Å². The smallest absolute Gasteiger partial charge is 0.240 e. The van der Waals surface area contributed by atoms with E-state index in [4.69, 9.17) is 5.14 Å². The number of hydrogen-bond donors (Lipinski definition) is 2. The van der Waals surface area contributed by atoms with Crippen LogP contribution in [0.2, 0.25) is 0 Å². The van der Waals surface area contributed by atoms with Gasteiger partial charge in [-0.05, 0) is 17.7 Å². The van der Waals surface area contributed by atoms with Crippen LogP contribution in [0.4, 0.5) is 5.69 Å². The summed E-state index contributed by atoms with van der Waals surface area (Å²) in [5.41, 5.74) is 1.59. The molecule has 21 heavy (non-hydrogen) atoms. The van der Waals surface area contributed by atoms with Crippen molar-refractivity contribution in [1.29, 1.82) is 0 Å². The Bertz CT molecular complexity index is 710. The summed E-state index contributed by atoms with van der Waals surface area (Å²) < 4.78 is 23.2. The van der Waals surface area contributed by atoms with Gasteiger partial charge in [-0.1, -0.05) is 56.3 Å². The highest BCUT2D eigenvalue weighted by Crippen LogP contribution is 2.25. The van der Waals surface area contributed by atoms with Crippen molar-refractivity contribution in [2.75, 3.05) is 11.9 Å². The lowest BCUT2D eigenvalue weighted by atomic mass is 9.84. The molecule has 5 heteroatoms. The van der Waals surface area contributed by atoms with E-state index >= 15 is 0 Å². The maximum atomic E-state index is 11.6. The number of para-hydroxylation sites is 1. The monoisotopic (exact) mass is 304 g/mol. The molecule has 0 aliphatic carbocycles. The Balaban J connectivity index is 2.21. The molecule has 0 fully saturated rings. The van der Waals surface area contributed by atoms with Crippen LogP contribution in [0.15, 0.2) is 59.5 Å². The van der Waals surface area contributed by atoms with E-state index in [2.05, 4.69) is 31.3 Å². The molecule has 3 N–H and O–H groups in total. The van der Waals surface area contributed by atoms with E-state index in [1.165, 1.54) is 11.6 Å². The minimum Gasteiger partial charge on any atom is -0.383 e. The van der Waals surface area contributed by atoms with Crippen LogP contribution in [0.5, 0.6) is 0 Å². The maximum Gasteiger partial charge on any atom is 0.240 e. The van der Waals surface area contributed by atoms with Gasteiger partial charge in [0.05, 0.1) is 5.69 Å². The van der Waals surface area contributed by atoms with E-state index in [9.17, 15) is 8.42 Å². The van der Waals surface area contributed by atoms with Crippen molar-refractivity contribution in [3.8, 4) is 0 Å². The summed E-state index contributed by atoms with van der Waals surface area (Å²) in [5, 5.41) is 8.44. The van der Waals surface area contributed by atoms with Crippen molar-refractivity contribution in [2.24, 2.45) is 5.14 Å². The summed E-state index contributed by atoms with van der Waals surface area (Å²) in [6.45, 7) is 4.81. The van der Waals surface area contributed by atoms with Crippen LogP contribution in [0.1, 0.15) is 19.4 Å². The first-order valence-electron chi connectivity index (χ1n) is 6.72. The van der Waals surface area contributed by atoms with Crippen LogP contribution < -0.4 is 10.5 Å². The summed E-state index contributed by atoms with van der Waals surface area (Å²) in [5.74, 6) is 0. The highest BCUT2D eigenvalue weighted by atomic mass is 32.2. The van der Waals surface area contributed by atoms with Crippen molar-refractivity contribution < 1.29 is 8.42 Å². The Morgan fingerprint density at radius 1 is 1.00 bits per heavy atom. The molecular formula is C16H20N2O2S. The molecule has 0 amide bonds. The topological polar surface area (TPSA) is 72.2 Å². The standard InChI is InChI=1S/C16H20N2O2S/c1-16(2,13-8-4-3-5-9-13)12-18-14-10-6-7-11-15(14)21(17,19)20/h3-11,18H,12H2,1-2H3,(H2,17,19,20). The normalized spacial score (nSPS) is 12.1. The molecular weight excluding hydrogens is 284 g/mol. The lowest BCUT2D eigenvalue weighted by Gasteiger charge is -2.26. The summed E-state index contributed by atoms with van der Waals surface area (Å²) in [6, 6.07) is 16.8. The third-order valence-electron chi connectivity index (χ3n) is 3.47. The second-order valence-corrected chi connectivity index (χ2v) is 7.17. The summed E-state index contributed by atoms with van der Waals surface area (Å²) in [7, 11) is -3.73. The fraction of sp³-hybridized carbons (Fsp3) is 0.250. The zero-order chi connectivity index (χ0) is 15.5. The van der Waals surface area contributed by atoms with Crippen molar-refractivity contribution in [1.82, 2.24) is 0 Å². The van der Waals surface area contributed by atoms with Gasteiger partial charge in [-0.2, -0.15) is 0 Å². The summed E-state index contributed by atoms with van der Waals surface area (Å²) >= 11 is 0. The van der Waals surface area contributed by atoms with Gasteiger partial charge in [0.1, 0.15) is 4.90 Å². The highest BCUT2D eigenvalue weighted by molar-refractivity contribution is 7.89. The van der Waals surface area contributed by atoms with Gasteiger partial charge >= 0.3 is 0 Å². The summed E-state index contributed by atoms with van der Waals surface area (Å²) in [4.78, 5) is 0.119. The maximum absolute atomic E-state index is 11.6. The van der Waals surface area contributed by atoms with E-state index < -0.39 is 10.0 Å². The number of nitrogens with two attached hydrogens (primary N) is 1. The fourth-order valence-electron chi connectivity index (χ4n) is 2.17. The molecule has 0 heterocycles. The number of primary sulfonamides is 1. The van der Waals surface area contributed by atoms with E-state index in [-0.39, 0.29) is 10.3 Å². The van der Waals surface area contributed by atoms with Gasteiger partial charge < -0.3 is 5.32 Å². The van der Waals surface area contributed by atoms with Gasteiger partial charge in [0, 0.05) is 12.0 Å². The highest BCUT2D eigenvalue weighted by Gasteiger charge is 2.21. The number of sulfonamides is 1. The minimum atomic E-state index is -3.73. The predicted molar refractivity (Wildman–Crippen MR) is 85.8 cm³/mol. The molecule has 2 aromatic rings. The Morgan fingerprint density at radius 2 is 1.57 bits per heavy atom. The molecule has 0 spiro atoms. The molecule has 0 radical (unpaired) electrons. The van der Waals surface area contributed by atoms with Crippen LogP contribution in [0, 0.1) is 0 Å². The SMILES string of the molecule is CC(C)(CNc1ccccc1S(N)(=O)=O)c1ccccc1. The Kier molecular flexibility index (Phi) is 4.34. The number of nitrogens with one attached hydrogen (secondary N) is 1. The molecule has 2 aromatic carbocycles. The average molecular weight is 304 g/mol. The van der Waals surface area contributed by atoms with Gasteiger partial charge in [-0.15, -0.1) is 0 Å². The first-order valence-corrected chi connectivity index (χ1v) is 8.26. The van der Waals surface area contributed by atoms with Gasteiger partial charge in [0.15, 0.2) is 0 Å². The van der Waals surface area contributed by atoms with E-state index in [0.717, 1.165) is 0 Å². The molecule has 0 unspecified atom stereocenters. The van der Waals surface area contributed by atoms with E-state index in [1.807, 2.05) is 18.2 Å². The first-order chi connectivity index (χ1) is 9.81. The number of rotatable bonds is 5. The van der Waals surface area contributed by atoms with Crippen LogP contribution in [0.3, 0.4) is 0 Å². The quantitative estimate of drug-likeness (QED) is 0.892. The summed E-state index contributed by atoms with van der Waals surface area (Å²) in [6.07, 6.45) is 0. The lowest BCUT2D eigenvalue weighted by Crippen LogP contribution is -2.28. The van der Waals surface area contributed by atoms with E-state index in [1.54, 1.807) is 18.2 Å². The second-order valence-electron chi connectivity index (χ2n) is 5.64. The zero-order valence-electron chi connectivity index (χ0n) is 12.2. The molecule has 112 valence electrons. The van der Waals surface area contributed by atoms with Crippen LogP contribution in [-0.2, 0) is 15.4 Å². The molecule has 0 saturated heterocycles. The number of benzene rings is 2. The van der Waals surface area contributed by atoms with Gasteiger partial charge in [-0.3, -0.25) is 0 Å². The Hall–Kier alpha value is -1.85. The molecule has 4 nitrogen and oxygen atoms in total. The zero-order valence-corrected chi connectivity index (χ0v) is 13.0. The molecule has 0 saturated carbocycles. The first kappa shape index (κ1) is 15.5. The van der Waals surface area contributed by atoms with E-state index in [0.29, 0.717) is 12.2 Å². The van der Waals surface area contributed by atoms with Gasteiger partial charge in [0.25, 0.3) is 0 Å². The fourth-order valence-corrected chi connectivity index (χ4v) is 2.88. The second kappa shape index (κ2) is 5.87. The Labute approximate surface area is 126 Å². The molecule has 0 aliphatic rings. The molecule has 0 aliphatic heterocycles. The average Bonchev–Trinajstić information content (AvgIpc) is 2.45. The van der Waals surface area contributed by atoms with Gasteiger partial charge in [0.2, 0.25) is 10.0 Å². The van der Waals surface area contributed by atoms with Crippen molar-refractivity contribution in [3.05, 3.63) is 60.2 Å². The van der Waals surface area contributed by atoms with Crippen molar-refractivity contribution in [3.63, 3.8) is 0 Å². The third kappa shape index (κ3) is 3.83. The lowest BCUT2D eigenvalue weighted by molar-refractivity contribution is 0.556. The molecule has 0 bridgehead atoms. The number of anilines is 1. The molecule has 0 atom stereocenters. The van der Waals surface area contributed by atoms with Crippen LogP contribution in [0.25, 0.3) is 0 Å². The third-order valence-corrected chi connectivity index (χ3v) is 4.44. The van der Waals surface area contributed by atoms with Gasteiger partial charge in [-0.25, -0.2) is 13.6 Å². The van der Waals surface area contributed by atoms with Crippen molar-refractivity contribution in [2.45, 2.75) is 24.2 Å². The minimum absolute atomic E-state index is 0.119. The molecule has 2 rings (SSSR count).